The zero-order chi connectivity index (χ0) is 13.8. The number of carboxylic acid groups (broad SMARTS) is 1. The molecule has 0 saturated heterocycles. The lowest BCUT2D eigenvalue weighted by atomic mass is 9.95. The molecule has 1 atom stereocenters. The largest absolute Gasteiger partial charge is 0.481 e. The lowest BCUT2D eigenvalue weighted by molar-refractivity contribution is -0.137. The third-order valence-corrected chi connectivity index (χ3v) is 3.17. The van der Waals surface area contributed by atoms with Crippen molar-refractivity contribution in [3.8, 4) is 11.1 Å². The van der Waals surface area contributed by atoms with Crippen molar-refractivity contribution in [2.24, 2.45) is 5.73 Å². The van der Waals surface area contributed by atoms with Crippen molar-refractivity contribution in [1.29, 1.82) is 0 Å². The quantitative estimate of drug-likeness (QED) is 0.882. The molecule has 2 aromatic rings. The van der Waals surface area contributed by atoms with Crippen LogP contribution in [0.5, 0.6) is 0 Å². The summed E-state index contributed by atoms with van der Waals surface area (Å²) in [5.41, 5.74) is 10.1. The molecule has 0 bridgehead atoms. The number of aryl methyl sites for hydroxylation is 1. The molecule has 19 heavy (non-hydrogen) atoms. The molecule has 0 heterocycles. The van der Waals surface area contributed by atoms with Crippen LogP contribution in [-0.2, 0) is 4.79 Å². The van der Waals surface area contributed by atoms with E-state index in [-0.39, 0.29) is 6.42 Å². The van der Waals surface area contributed by atoms with E-state index in [1.54, 1.807) is 0 Å². The summed E-state index contributed by atoms with van der Waals surface area (Å²) in [4.78, 5) is 10.7. The fourth-order valence-electron chi connectivity index (χ4n) is 2.10. The number of aliphatic carboxylic acids is 1. The number of benzene rings is 2. The van der Waals surface area contributed by atoms with Gasteiger partial charge < -0.3 is 10.8 Å². The predicted molar refractivity (Wildman–Crippen MR) is 75.8 cm³/mol. The molecule has 0 aromatic heterocycles. The Kier molecular flexibility index (Phi) is 3.97. The maximum atomic E-state index is 10.7. The van der Waals surface area contributed by atoms with Crippen LogP contribution >= 0.6 is 0 Å². The van der Waals surface area contributed by atoms with Crippen molar-refractivity contribution in [2.45, 2.75) is 19.4 Å². The SMILES string of the molecule is Cc1ccc(C(N)CC(=O)O)cc1-c1ccccc1. The highest BCUT2D eigenvalue weighted by Gasteiger charge is 2.12. The predicted octanol–water partition coefficient (Wildman–Crippen LogP) is 3.14. The van der Waals surface area contributed by atoms with Gasteiger partial charge in [-0.25, -0.2) is 0 Å². The van der Waals surface area contributed by atoms with Gasteiger partial charge in [0, 0.05) is 6.04 Å². The lowest BCUT2D eigenvalue weighted by Gasteiger charge is -2.13. The first-order chi connectivity index (χ1) is 9.08. The first-order valence-electron chi connectivity index (χ1n) is 6.21. The zero-order valence-corrected chi connectivity index (χ0v) is 10.8. The standard InChI is InChI=1S/C16H17NO2/c1-11-7-8-13(15(17)10-16(18)19)9-14(11)12-5-3-2-4-6-12/h2-9,15H,10,17H2,1H3,(H,18,19). The number of hydrogen-bond donors (Lipinski definition) is 2. The molecular formula is C16H17NO2. The molecule has 0 fully saturated rings. The number of carbonyl (C=O) groups is 1. The summed E-state index contributed by atoms with van der Waals surface area (Å²) in [5, 5.41) is 8.81. The van der Waals surface area contributed by atoms with Crippen LogP contribution < -0.4 is 5.73 Å². The number of carboxylic acids is 1. The van der Waals surface area contributed by atoms with Crippen molar-refractivity contribution in [2.75, 3.05) is 0 Å². The summed E-state index contributed by atoms with van der Waals surface area (Å²) >= 11 is 0. The molecular weight excluding hydrogens is 238 g/mol. The highest BCUT2D eigenvalue weighted by atomic mass is 16.4. The lowest BCUT2D eigenvalue weighted by Crippen LogP contribution is -2.15. The molecule has 0 radical (unpaired) electrons. The minimum atomic E-state index is -0.880. The summed E-state index contributed by atoms with van der Waals surface area (Å²) in [6.07, 6.45) is -0.0582. The molecule has 0 aliphatic heterocycles. The van der Waals surface area contributed by atoms with Crippen molar-refractivity contribution in [3.05, 3.63) is 59.7 Å². The van der Waals surface area contributed by atoms with Crippen LogP contribution in [0.15, 0.2) is 48.5 Å². The van der Waals surface area contributed by atoms with Crippen molar-refractivity contribution < 1.29 is 9.90 Å². The third kappa shape index (κ3) is 3.20. The van der Waals surface area contributed by atoms with Gasteiger partial charge >= 0.3 is 5.97 Å². The van der Waals surface area contributed by atoms with Crippen LogP contribution in [0.2, 0.25) is 0 Å². The van der Waals surface area contributed by atoms with Crippen LogP contribution in [-0.4, -0.2) is 11.1 Å². The summed E-state index contributed by atoms with van der Waals surface area (Å²) in [7, 11) is 0. The van der Waals surface area contributed by atoms with Crippen LogP contribution in [0.4, 0.5) is 0 Å². The number of rotatable bonds is 4. The topological polar surface area (TPSA) is 63.3 Å². The Morgan fingerprint density at radius 2 is 1.89 bits per heavy atom. The van der Waals surface area contributed by atoms with Gasteiger partial charge in [0.15, 0.2) is 0 Å². The van der Waals surface area contributed by atoms with E-state index in [9.17, 15) is 4.79 Å². The summed E-state index contributed by atoms with van der Waals surface area (Å²) < 4.78 is 0. The van der Waals surface area contributed by atoms with Crippen LogP contribution in [0.1, 0.15) is 23.6 Å². The van der Waals surface area contributed by atoms with E-state index in [1.165, 1.54) is 0 Å². The average molecular weight is 255 g/mol. The molecule has 3 nitrogen and oxygen atoms in total. The van der Waals surface area contributed by atoms with E-state index in [0.717, 1.165) is 22.3 Å². The van der Waals surface area contributed by atoms with E-state index >= 15 is 0 Å². The van der Waals surface area contributed by atoms with Crippen molar-refractivity contribution in [1.82, 2.24) is 0 Å². The van der Waals surface area contributed by atoms with Crippen molar-refractivity contribution in [3.63, 3.8) is 0 Å². The van der Waals surface area contributed by atoms with Gasteiger partial charge in [-0.1, -0.05) is 42.5 Å². The van der Waals surface area contributed by atoms with E-state index in [0.29, 0.717) is 0 Å². The Bertz CT molecular complexity index is 579. The number of nitrogens with two attached hydrogens (primary N) is 1. The van der Waals surface area contributed by atoms with E-state index in [1.807, 2.05) is 55.5 Å². The summed E-state index contributed by atoms with van der Waals surface area (Å²) in [6, 6.07) is 15.4. The first-order valence-corrected chi connectivity index (χ1v) is 6.21. The van der Waals surface area contributed by atoms with Crippen molar-refractivity contribution >= 4 is 5.97 Å². The number of hydrogen-bond acceptors (Lipinski definition) is 2. The van der Waals surface area contributed by atoms with Gasteiger partial charge in [-0.15, -0.1) is 0 Å². The second-order valence-electron chi connectivity index (χ2n) is 4.64. The Morgan fingerprint density at radius 1 is 1.21 bits per heavy atom. The molecule has 98 valence electrons. The Balaban J connectivity index is 2.38. The Hall–Kier alpha value is -2.13. The fraction of sp³-hybridized carbons (Fsp3) is 0.188. The summed E-state index contributed by atoms with van der Waals surface area (Å²) in [6.45, 7) is 2.04. The van der Waals surface area contributed by atoms with Gasteiger partial charge in [0.1, 0.15) is 0 Å². The van der Waals surface area contributed by atoms with Gasteiger partial charge in [-0.3, -0.25) is 4.79 Å². The van der Waals surface area contributed by atoms with Gasteiger partial charge in [0.05, 0.1) is 6.42 Å². The molecule has 1 unspecified atom stereocenters. The highest BCUT2D eigenvalue weighted by Crippen LogP contribution is 2.27. The van der Waals surface area contributed by atoms with Crippen LogP contribution in [0.3, 0.4) is 0 Å². The second-order valence-corrected chi connectivity index (χ2v) is 4.64. The normalized spacial score (nSPS) is 12.1. The summed E-state index contributed by atoms with van der Waals surface area (Å²) in [5.74, 6) is -0.880. The molecule has 3 heteroatoms. The van der Waals surface area contributed by atoms with Crippen LogP contribution in [0.25, 0.3) is 11.1 Å². The van der Waals surface area contributed by atoms with Gasteiger partial charge in [-0.2, -0.15) is 0 Å². The second kappa shape index (κ2) is 5.67. The fourth-order valence-corrected chi connectivity index (χ4v) is 2.10. The van der Waals surface area contributed by atoms with E-state index in [2.05, 4.69) is 0 Å². The minimum Gasteiger partial charge on any atom is -0.481 e. The monoisotopic (exact) mass is 255 g/mol. The molecule has 0 spiro atoms. The smallest absolute Gasteiger partial charge is 0.305 e. The minimum absolute atomic E-state index is 0.0582. The molecule has 0 aliphatic carbocycles. The molecule has 2 aromatic carbocycles. The molecule has 0 saturated carbocycles. The first kappa shape index (κ1) is 13.3. The van der Waals surface area contributed by atoms with Gasteiger partial charge in [0.2, 0.25) is 0 Å². The Labute approximate surface area is 112 Å². The van der Waals surface area contributed by atoms with E-state index < -0.39 is 12.0 Å². The molecule has 3 N–H and O–H groups in total. The maximum absolute atomic E-state index is 10.7. The molecule has 2 rings (SSSR count). The Morgan fingerprint density at radius 3 is 2.53 bits per heavy atom. The van der Waals surface area contributed by atoms with Crippen LogP contribution in [0, 0.1) is 6.92 Å². The molecule has 0 amide bonds. The highest BCUT2D eigenvalue weighted by molar-refractivity contribution is 5.70. The zero-order valence-electron chi connectivity index (χ0n) is 10.8. The van der Waals surface area contributed by atoms with E-state index in [4.69, 9.17) is 10.8 Å². The maximum Gasteiger partial charge on any atom is 0.305 e. The van der Waals surface area contributed by atoms with Gasteiger partial charge in [0.25, 0.3) is 0 Å². The third-order valence-electron chi connectivity index (χ3n) is 3.17. The average Bonchev–Trinajstić information content (AvgIpc) is 2.39. The van der Waals surface area contributed by atoms with Gasteiger partial charge in [-0.05, 0) is 35.2 Å². The molecule has 0 aliphatic rings.